The second-order valence-electron chi connectivity index (χ2n) is 5.53. The van der Waals surface area contributed by atoms with Gasteiger partial charge in [-0.25, -0.2) is 14.4 Å². The van der Waals surface area contributed by atoms with Crippen molar-refractivity contribution >= 4 is 85.7 Å². The summed E-state index contributed by atoms with van der Waals surface area (Å²) in [5.41, 5.74) is 0.801. The Kier molecular flexibility index (Phi) is 10.2. The van der Waals surface area contributed by atoms with Gasteiger partial charge in [-0.2, -0.15) is 0 Å². The lowest BCUT2D eigenvalue weighted by atomic mass is 10.2. The monoisotopic (exact) mass is 710 g/mol. The molecule has 0 radical (unpaired) electrons. The van der Waals surface area contributed by atoms with Crippen molar-refractivity contribution in [2.45, 2.75) is 20.0 Å². The first-order chi connectivity index (χ1) is 12.5. The van der Waals surface area contributed by atoms with Crippen molar-refractivity contribution in [2.24, 2.45) is 0 Å². The van der Waals surface area contributed by atoms with Crippen LogP contribution in [0.15, 0.2) is 36.4 Å². The highest BCUT2D eigenvalue weighted by molar-refractivity contribution is 14.1. The first-order valence-electron chi connectivity index (χ1n) is 7.53. The van der Waals surface area contributed by atoms with Crippen LogP contribution in [0.2, 0.25) is 0 Å². The average Bonchev–Trinajstić information content (AvgIpc) is 2.59. The molecule has 0 aliphatic rings. The fourth-order valence-corrected chi connectivity index (χ4v) is 3.99. The van der Waals surface area contributed by atoms with Crippen LogP contribution in [0.4, 0.5) is 0 Å². The van der Waals surface area contributed by atoms with E-state index < -0.39 is 24.0 Å². The van der Waals surface area contributed by atoms with Crippen LogP contribution in [0.3, 0.4) is 0 Å². The van der Waals surface area contributed by atoms with E-state index >= 15 is 0 Å². The molecular weight excluding hydrogens is 693 g/mol. The van der Waals surface area contributed by atoms with Gasteiger partial charge in [-0.05, 0) is 93.8 Å². The van der Waals surface area contributed by atoms with Gasteiger partial charge in [0.1, 0.15) is 13.2 Å². The van der Waals surface area contributed by atoms with E-state index in [9.17, 15) is 14.4 Å². The van der Waals surface area contributed by atoms with Crippen molar-refractivity contribution in [3.63, 3.8) is 0 Å². The van der Waals surface area contributed by atoms with Crippen molar-refractivity contribution in [1.82, 2.24) is 0 Å². The van der Waals surface area contributed by atoms with E-state index in [4.69, 9.17) is 14.2 Å². The fourth-order valence-electron chi connectivity index (χ4n) is 1.61. The molecule has 0 fully saturated rings. The molecule has 9 heteroatoms. The standard InChI is InChI=1S/C18H17I3O6/c1-9(2)16(22)25-7-12(27-17(23)10(3)4)8-26-18(24)13-5-11(19)6-14(20)15(13)21/h5-6,12H,1,3,7-8H2,2,4H3. The first kappa shape index (κ1) is 24.3. The normalized spacial score (nSPS) is 11.3. The van der Waals surface area contributed by atoms with Gasteiger partial charge in [0.15, 0.2) is 6.10 Å². The molecule has 0 N–H and O–H groups in total. The number of carbonyl (C=O) groups is 3. The third-order valence-electron chi connectivity index (χ3n) is 2.98. The lowest BCUT2D eigenvalue weighted by molar-refractivity contribution is -0.156. The van der Waals surface area contributed by atoms with Crippen LogP contribution >= 0.6 is 67.8 Å². The van der Waals surface area contributed by atoms with Crippen LogP contribution in [0.5, 0.6) is 0 Å². The molecule has 0 saturated heterocycles. The Morgan fingerprint density at radius 1 is 0.963 bits per heavy atom. The second-order valence-corrected chi connectivity index (χ2v) is 9.02. The van der Waals surface area contributed by atoms with Crippen LogP contribution in [-0.4, -0.2) is 37.2 Å². The first-order valence-corrected chi connectivity index (χ1v) is 10.8. The Labute approximate surface area is 198 Å². The van der Waals surface area contributed by atoms with Crippen LogP contribution in [0.25, 0.3) is 0 Å². The maximum atomic E-state index is 12.4. The molecule has 1 unspecified atom stereocenters. The Balaban J connectivity index is 2.84. The predicted octanol–water partition coefficient (Wildman–Crippen LogP) is 4.26. The van der Waals surface area contributed by atoms with Gasteiger partial charge in [-0.15, -0.1) is 0 Å². The lowest BCUT2D eigenvalue weighted by Crippen LogP contribution is -2.31. The smallest absolute Gasteiger partial charge is 0.339 e. The van der Waals surface area contributed by atoms with E-state index in [1.165, 1.54) is 13.8 Å². The number of hydrogen-bond acceptors (Lipinski definition) is 6. The molecule has 6 nitrogen and oxygen atoms in total. The molecule has 0 spiro atoms. The maximum Gasteiger partial charge on any atom is 0.339 e. The average molecular weight is 710 g/mol. The number of rotatable bonds is 8. The van der Waals surface area contributed by atoms with Crippen molar-refractivity contribution < 1.29 is 28.6 Å². The van der Waals surface area contributed by atoms with Gasteiger partial charge in [0.05, 0.1) is 5.56 Å². The zero-order valence-corrected chi connectivity index (χ0v) is 21.1. The van der Waals surface area contributed by atoms with Crippen molar-refractivity contribution in [3.05, 3.63) is 52.7 Å². The summed E-state index contributed by atoms with van der Waals surface area (Å²) in [6, 6.07) is 3.65. The highest BCUT2D eigenvalue weighted by Gasteiger charge is 2.22. The number of esters is 3. The predicted molar refractivity (Wildman–Crippen MR) is 125 cm³/mol. The molecule has 146 valence electrons. The molecule has 0 saturated carbocycles. The van der Waals surface area contributed by atoms with Gasteiger partial charge in [-0.3, -0.25) is 0 Å². The fraction of sp³-hybridized carbons (Fsp3) is 0.278. The molecule has 1 aromatic rings. The summed E-state index contributed by atoms with van der Waals surface area (Å²) in [6.45, 7) is 9.43. The topological polar surface area (TPSA) is 78.9 Å². The highest BCUT2D eigenvalue weighted by atomic mass is 127. The van der Waals surface area contributed by atoms with E-state index in [0.29, 0.717) is 5.56 Å². The van der Waals surface area contributed by atoms with E-state index in [1.54, 1.807) is 6.07 Å². The molecule has 1 aromatic carbocycles. The van der Waals surface area contributed by atoms with Crippen molar-refractivity contribution in [3.8, 4) is 0 Å². The third-order valence-corrected chi connectivity index (χ3v) is 6.65. The van der Waals surface area contributed by atoms with E-state index in [1.807, 2.05) is 6.07 Å². The quantitative estimate of drug-likeness (QED) is 0.132. The molecule has 0 heterocycles. The zero-order chi connectivity index (χ0) is 20.7. The summed E-state index contributed by atoms with van der Waals surface area (Å²) in [5, 5.41) is 0. The molecule has 27 heavy (non-hydrogen) atoms. The number of hydrogen-bond donors (Lipinski definition) is 0. The molecule has 0 aromatic heterocycles. The number of benzene rings is 1. The number of halogens is 3. The molecule has 0 aliphatic heterocycles. The van der Waals surface area contributed by atoms with Crippen LogP contribution in [0, 0.1) is 10.7 Å². The van der Waals surface area contributed by atoms with E-state index in [2.05, 4.69) is 80.9 Å². The second kappa shape index (κ2) is 11.3. The zero-order valence-electron chi connectivity index (χ0n) is 14.6. The van der Waals surface area contributed by atoms with Gasteiger partial charge in [0, 0.05) is 21.9 Å². The maximum absolute atomic E-state index is 12.4. The largest absolute Gasteiger partial charge is 0.458 e. The van der Waals surface area contributed by atoms with E-state index in [0.717, 1.165) is 10.7 Å². The molecule has 1 atom stereocenters. The SMILES string of the molecule is C=C(C)C(=O)OCC(COC(=O)c1cc(I)cc(I)c1I)OC(=O)C(=C)C. The van der Waals surface area contributed by atoms with Gasteiger partial charge < -0.3 is 14.2 Å². The van der Waals surface area contributed by atoms with E-state index in [-0.39, 0.29) is 24.4 Å². The lowest BCUT2D eigenvalue weighted by Gasteiger charge is -2.18. The van der Waals surface area contributed by atoms with Crippen molar-refractivity contribution in [1.29, 1.82) is 0 Å². The van der Waals surface area contributed by atoms with Crippen molar-refractivity contribution in [2.75, 3.05) is 13.2 Å². The van der Waals surface area contributed by atoms with Crippen LogP contribution < -0.4 is 0 Å². The van der Waals surface area contributed by atoms with Gasteiger partial charge >= 0.3 is 17.9 Å². The van der Waals surface area contributed by atoms with Gasteiger partial charge in [0.2, 0.25) is 0 Å². The summed E-state index contributed by atoms with van der Waals surface area (Å²) in [5.74, 6) is -1.85. The van der Waals surface area contributed by atoms with Gasteiger partial charge in [0.25, 0.3) is 0 Å². The highest BCUT2D eigenvalue weighted by Crippen LogP contribution is 2.23. The Hall–Kier alpha value is -0.700. The summed E-state index contributed by atoms with van der Waals surface area (Å²) in [4.78, 5) is 35.7. The minimum absolute atomic E-state index is 0.180. The van der Waals surface area contributed by atoms with Gasteiger partial charge in [-0.1, -0.05) is 13.2 Å². The summed E-state index contributed by atoms with van der Waals surface area (Å²) < 4.78 is 18.1. The summed E-state index contributed by atoms with van der Waals surface area (Å²) >= 11 is 6.31. The molecule has 0 aliphatic carbocycles. The Bertz CT molecular complexity index is 788. The van der Waals surface area contributed by atoms with Crippen LogP contribution in [-0.2, 0) is 23.8 Å². The van der Waals surface area contributed by atoms with Crippen LogP contribution in [0.1, 0.15) is 24.2 Å². The number of carbonyl (C=O) groups excluding carboxylic acids is 3. The molecule has 1 rings (SSSR count). The minimum Gasteiger partial charge on any atom is -0.458 e. The Morgan fingerprint density at radius 2 is 1.52 bits per heavy atom. The third kappa shape index (κ3) is 8.05. The molecule has 0 amide bonds. The Morgan fingerprint density at radius 3 is 2.07 bits per heavy atom. The molecule has 0 bridgehead atoms. The minimum atomic E-state index is -0.957. The number of ether oxygens (including phenoxy) is 3. The summed E-state index contributed by atoms with van der Waals surface area (Å²) in [6.07, 6.45) is -0.957. The molecular formula is C18H17I3O6. The summed E-state index contributed by atoms with van der Waals surface area (Å²) in [7, 11) is 0.